The Bertz CT molecular complexity index is 550. The van der Waals surface area contributed by atoms with Gasteiger partial charge in [-0.05, 0) is 18.1 Å². The van der Waals surface area contributed by atoms with Gasteiger partial charge in [0, 0.05) is 36.2 Å². The quantitative estimate of drug-likeness (QED) is 0.753. The summed E-state index contributed by atoms with van der Waals surface area (Å²) < 4.78 is 0. The molecule has 0 saturated heterocycles. The summed E-state index contributed by atoms with van der Waals surface area (Å²) in [5, 5.41) is 19.7. The molecule has 1 aliphatic heterocycles. The first-order valence-electron chi connectivity index (χ1n) is 6.37. The van der Waals surface area contributed by atoms with Crippen molar-refractivity contribution in [3.05, 3.63) is 35.5 Å². The molecule has 0 bridgehead atoms. The lowest BCUT2D eigenvalue weighted by atomic mass is 10.0. The molecule has 1 aromatic heterocycles. The Morgan fingerprint density at radius 2 is 2.17 bits per heavy atom. The standard InChI is InChI=1S/C14H18N2O2/c17-9-10(18)7-16-6-5-12-11-3-1-2-4-13(11)15-14(12)8-16/h1-4,10,15,17-18H,5-9H2. The molecule has 18 heavy (non-hydrogen) atoms. The summed E-state index contributed by atoms with van der Waals surface area (Å²) in [6.45, 7) is 2.12. The van der Waals surface area contributed by atoms with Crippen molar-refractivity contribution in [1.82, 2.24) is 9.88 Å². The molecule has 3 rings (SSSR count). The van der Waals surface area contributed by atoms with Gasteiger partial charge >= 0.3 is 0 Å². The number of aliphatic hydroxyl groups is 2. The molecule has 1 aromatic carbocycles. The van der Waals surface area contributed by atoms with Gasteiger partial charge in [0.05, 0.1) is 12.7 Å². The lowest BCUT2D eigenvalue weighted by Gasteiger charge is -2.28. The SMILES string of the molecule is OCC(O)CN1CCc2c([nH]c3ccccc23)C1. The van der Waals surface area contributed by atoms with Gasteiger partial charge in [-0.3, -0.25) is 4.90 Å². The van der Waals surface area contributed by atoms with E-state index in [9.17, 15) is 5.11 Å². The smallest absolute Gasteiger partial charge is 0.0897 e. The number of H-pyrrole nitrogens is 1. The second kappa shape index (κ2) is 4.72. The normalized spacial score (nSPS) is 17.9. The number of aromatic amines is 1. The lowest BCUT2D eigenvalue weighted by molar-refractivity contribution is 0.0548. The van der Waals surface area contributed by atoms with E-state index in [4.69, 9.17) is 5.11 Å². The Kier molecular flexibility index (Phi) is 3.07. The Morgan fingerprint density at radius 1 is 1.33 bits per heavy atom. The molecule has 4 heteroatoms. The molecule has 0 saturated carbocycles. The third-order valence-corrected chi connectivity index (χ3v) is 3.64. The van der Waals surface area contributed by atoms with Gasteiger partial charge in [-0.15, -0.1) is 0 Å². The minimum atomic E-state index is -0.643. The summed E-state index contributed by atoms with van der Waals surface area (Å²) in [7, 11) is 0. The number of benzene rings is 1. The molecule has 4 nitrogen and oxygen atoms in total. The van der Waals surface area contributed by atoms with Crippen molar-refractivity contribution in [3.63, 3.8) is 0 Å². The van der Waals surface area contributed by atoms with Crippen molar-refractivity contribution in [2.75, 3.05) is 19.7 Å². The van der Waals surface area contributed by atoms with Crippen LogP contribution in [0.4, 0.5) is 0 Å². The number of aromatic nitrogens is 1. The van der Waals surface area contributed by atoms with Crippen LogP contribution in [0.15, 0.2) is 24.3 Å². The average molecular weight is 246 g/mol. The predicted octanol–water partition coefficient (Wildman–Crippen LogP) is 0.879. The number of para-hydroxylation sites is 1. The first-order valence-corrected chi connectivity index (χ1v) is 6.37. The van der Waals surface area contributed by atoms with Crippen LogP contribution in [-0.4, -0.2) is 45.9 Å². The van der Waals surface area contributed by atoms with Gasteiger partial charge in [-0.2, -0.15) is 0 Å². The number of hydrogen-bond acceptors (Lipinski definition) is 3. The van der Waals surface area contributed by atoms with Crippen molar-refractivity contribution < 1.29 is 10.2 Å². The van der Waals surface area contributed by atoms with Crippen molar-refractivity contribution in [2.45, 2.75) is 19.1 Å². The number of hydrogen-bond donors (Lipinski definition) is 3. The molecule has 96 valence electrons. The Labute approximate surface area is 106 Å². The molecule has 0 radical (unpaired) electrons. The van der Waals surface area contributed by atoms with Crippen molar-refractivity contribution in [3.8, 4) is 0 Å². The summed E-state index contributed by atoms with van der Waals surface area (Å²) in [5.74, 6) is 0. The fourth-order valence-corrected chi connectivity index (χ4v) is 2.76. The van der Waals surface area contributed by atoms with Crippen molar-refractivity contribution in [1.29, 1.82) is 0 Å². The second-order valence-corrected chi connectivity index (χ2v) is 4.95. The summed E-state index contributed by atoms with van der Waals surface area (Å²) in [4.78, 5) is 5.63. The van der Waals surface area contributed by atoms with Gasteiger partial charge in [0.2, 0.25) is 0 Å². The predicted molar refractivity (Wildman–Crippen MR) is 70.4 cm³/mol. The van der Waals surface area contributed by atoms with E-state index in [0.717, 1.165) is 19.5 Å². The van der Waals surface area contributed by atoms with Gasteiger partial charge in [0.1, 0.15) is 0 Å². The molecule has 0 aliphatic carbocycles. The van der Waals surface area contributed by atoms with Crippen LogP contribution >= 0.6 is 0 Å². The number of aliphatic hydroxyl groups excluding tert-OH is 2. The minimum Gasteiger partial charge on any atom is -0.394 e. The maximum absolute atomic E-state index is 9.50. The van der Waals surface area contributed by atoms with Crippen molar-refractivity contribution >= 4 is 10.9 Å². The molecule has 0 amide bonds. The Hall–Kier alpha value is -1.36. The summed E-state index contributed by atoms with van der Waals surface area (Å²) >= 11 is 0. The largest absolute Gasteiger partial charge is 0.394 e. The zero-order valence-corrected chi connectivity index (χ0v) is 10.3. The zero-order chi connectivity index (χ0) is 12.5. The lowest BCUT2D eigenvalue weighted by Crippen LogP contribution is -2.37. The van der Waals surface area contributed by atoms with Gasteiger partial charge < -0.3 is 15.2 Å². The van der Waals surface area contributed by atoms with Gasteiger partial charge in [-0.25, -0.2) is 0 Å². The van der Waals surface area contributed by atoms with Crippen LogP contribution in [0.3, 0.4) is 0 Å². The van der Waals surface area contributed by atoms with Crippen LogP contribution in [0, 0.1) is 0 Å². The van der Waals surface area contributed by atoms with E-state index < -0.39 is 6.10 Å². The molecule has 1 atom stereocenters. The first kappa shape index (κ1) is 11.7. The minimum absolute atomic E-state index is 0.171. The van der Waals surface area contributed by atoms with E-state index in [2.05, 4.69) is 28.1 Å². The fraction of sp³-hybridized carbons (Fsp3) is 0.429. The highest BCUT2D eigenvalue weighted by Crippen LogP contribution is 2.27. The molecule has 0 fully saturated rings. The van der Waals surface area contributed by atoms with Crippen LogP contribution in [0.5, 0.6) is 0 Å². The van der Waals surface area contributed by atoms with E-state index in [-0.39, 0.29) is 6.61 Å². The fourth-order valence-electron chi connectivity index (χ4n) is 2.76. The molecule has 2 aromatic rings. The molecule has 2 heterocycles. The van der Waals surface area contributed by atoms with E-state index in [1.807, 2.05) is 6.07 Å². The number of β-amino-alcohol motifs (C(OH)–C–C–N with tert-alkyl or cyclic N) is 1. The molecular formula is C14H18N2O2. The third-order valence-electron chi connectivity index (χ3n) is 3.64. The highest BCUT2D eigenvalue weighted by atomic mass is 16.3. The Morgan fingerprint density at radius 3 is 3.00 bits per heavy atom. The van der Waals surface area contributed by atoms with Gasteiger partial charge in [-0.1, -0.05) is 18.2 Å². The van der Waals surface area contributed by atoms with Crippen LogP contribution in [0.2, 0.25) is 0 Å². The highest BCUT2D eigenvalue weighted by molar-refractivity contribution is 5.84. The average Bonchev–Trinajstić information content (AvgIpc) is 2.76. The van der Waals surface area contributed by atoms with E-state index in [1.165, 1.54) is 22.2 Å². The highest BCUT2D eigenvalue weighted by Gasteiger charge is 2.21. The number of rotatable bonds is 3. The maximum atomic E-state index is 9.50. The maximum Gasteiger partial charge on any atom is 0.0897 e. The topological polar surface area (TPSA) is 59.5 Å². The van der Waals surface area contributed by atoms with Crippen molar-refractivity contribution in [2.24, 2.45) is 0 Å². The Balaban J connectivity index is 1.85. The van der Waals surface area contributed by atoms with E-state index in [1.54, 1.807) is 0 Å². The van der Waals surface area contributed by atoms with Gasteiger partial charge in [0.25, 0.3) is 0 Å². The molecule has 3 N–H and O–H groups in total. The second-order valence-electron chi connectivity index (χ2n) is 4.95. The monoisotopic (exact) mass is 246 g/mol. The summed E-state index contributed by atoms with van der Waals surface area (Å²) in [5.41, 5.74) is 3.83. The first-order chi connectivity index (χ1) is 8.78. The van der Waals surface area contributed by atoms with E-state index >= 15 is 0 Å². The van der Waals surface area contributed by atoms with Crippen LogP contribution in [-0.2, 0) is 13.0 Å². The number of nitrogens with zero attached hydrogens (tertiary/aromatic N) is 1. The third kappa shape index (κ3) is 2.03. The van der Waals surface area contributed by atoms with Gasteiger partial charge in [0.15, 0.2) is 0 Å². The number of nitrogens with one attached hydrogen (secondary N) is 1. The van der Waals surface area contributed by atoms with Crippen LogP contribution in [0.25, 0.3) is 10.9 Å². The molecular weight excluding hydrogens is 228 g/mol. The molecule has 0 spiro atoms. The van der Waals surface area contributed by atoms with E-state index in [0.29, 0.717) is 6.54 Å². The number of fused-ring (bicyclic) bond motifs is 3. The zero-order valence-electron chi connectivity index (χ0n) is 10.3. The van der Waals surface area contributed by atoms with Crippen LogP contribution < -0.4 is 0 Å². The summed E-state index contributed by atoms with van der Waals surface area (Å²) in [6.07, 6.45) is 0.355. The molecule has 1 unspecified atom stereocenters. The summed E-state index contributed by atoms with van der Waals surface area (Å²) in [6, 6.07) is 8.36. The van der Waals surface area contributed by atoms with Crippen LogP contribution in [0.1, 0.15) is 11.3 Å². The molecule has 1 aliphatic rings.